The van der Waals surface area contributed by atoms with Gasteiger partial charge in [0.1, 0.15) is 5.52 Å². The van der Waals surface area contributed by atoms with Crippen LogP contribution in [0.25, 0.3) is 10.9 Å². The molecule has 0 saturated carbocycles. The van der Waals surface area contributed by atoms with E-state index in [2.05, 4.69) is 134 Å². The molecule has 3 aliphatic heterocycles. The third kappa shape index (κ3) is 3.14. The summed E-state index contributed by atoms with van der Waals surface area (Å²) in [5, 5.41) is 1.07. The first-order chi connectivity index (χ1) is 18.6. The van der Waals surface area contributed by atoms with Crippen LogP contribution >= 0.6 is 15.9 Å². The Morgan fingerprint density at radius 2 is 1.62 bits per heavy atom. The second kappa shape index (κ2) is 8.11. The molecule has 4 heterocycles. The van der Waals surface area contributed by atoms with E-state index in [-0.39, 0.29) is 16.7 Å². The fraction of sp³-hybridized carbons (Fsp3) is 0.324. The summed E-state index contributed by atoms with van der Waals surface area (Å²) in [7, 11) is 4.40. The number of pyridine rings is 1. The summed E-state index contributed by atoms with van der Waals surface area (Å²) < 4.78 is 8.35. The fourth-order valence-electron chi connectivity index (χ4n) is 7.54. The first-order valence-electron chi connectivity index (χ1n) is 13.7. The Morgan fingerprint density at radius 3 is 2.33 bits per heavy atom. The van der Waals surface area contributed by atoms with Crippen LogP contribution in [0.1, 0.15) is 56.7 Å². The Balaban J connectivity index is 1.48. The monoisotopic (exact) mass is 579 g/mol. The lowest BCUT2D eigenvalue weighted by Gasteiger charge is -2.51. The number of benzene rings is 3. The van der Waals surface area contributed by atoms with Gasteiger partial charge in [0.15, 0.2) is 11.5 Å². The van der Waals surface area contributed by atoms with Crippen molar-refractivity contribution < 1.29 is 4.74 Å². The highest BCUT2D eigenvalue weighted by atomic mass is 79.9. The van der Waals surface area contributed by atoms with Gasteiger partial charge in [-0.25, -0.2) is 0 Å². The highest BCUT2D eigenvalue weighted by Crippen LogP contribution is 2.60. The van der Waals surface area contributed by atoms with Crippen molar-refractivity contribution in [2.45, 2.75) is 56.6 Å². The molecule has 2 unspecified atom stereocenters. The molecule has 2 atom stereocenters. The molecule has 39 heavy (non-hydrogen) atoms. The number of aromatic nitrogens is 1. The van der Waals surface area contributed by atoms with Gasteiger partial charge in [-0.1, -0.05) is 78.3 Å². The first-order valence-corrected chi connectivity index (χ1v) is 14.5. The number of hydrogen-bond acceptors (Lipinski definition) is 4. The number of fused-ring (bicyclic) bond motifs is 5. The average Bonchev–Trinajstić information content (AvgIpc) is 3.22. The number of hydrogen-bond donors (Lipinski definition) is 0. The van der Waals surface area contributed by atoms with Crippen LogP contribution < -0.4 is 14.5 Å². The lowest BCUT2D eigenvalue weighted by Crippen LogP contribution is -2.61. The van der Waals surface area contributed by atoms with Crippen molar-refractivity contribution in [2.75, 3.05) is 23.9 Å². The van der Waals surface area contributed by atoms with Gasteiger partial charge >= 0.3 is 0 Å². The second-order valence-electron chi connectivity index (χ2n) is 12.3. The molecular weight excluding hydrogens is 546 g/mol. The molecule has 7 rings (SSSR count). The molecule has 0 fully saturated rings. The van der Waals surface area contributed by atoms with Crippen LogP contribution in [-0.2, 0) is 10.8 Å². The van der Waals surface area contributed by atoms with Gasteiger partial charge < -0.3 is 14.5 Å². The lowest BCUT2D eigenvalue weighted by molar-refractivity contribution is -0.00918. The molecule has 0 saturated heterocycles. The van der Waals surface area contributed by atoms with Crippen LogP contribution in [0.3, 0.4) is 0 Å². The number of anilines is 2. The van der Waals surface area contributed by atoms with Gasteiger partial charge in [0.05, 0.1) is 5.41 Å². The zero-order valence-corrected chi connectivity index (χ0v) is 25.0. The summed E-state index contributed by atoms with van der Waals surface area (Å²) in [5.41, 5.74) is 7.70. The van der Waals surface area contributed by atoms with Gasteiger partial charge in [0.25, 0.3) is 0 Å². The molecule has 0 aliphatic carbocycles. The van der Waals surface area contributed by atoms with E-state index in [9.17, 15) is 0 Å². The lowest BCUT2D eigenvalue weighted by atomic mass is 9.70. The number of nitrogens with zero attached hydrogens (tertiary/aromatic N) is 3. The van der Waals surface area contributed by atoms with E-state index in [4.69, 9.17) is 9.72 Å². The Hall–Kier alpha value is -3.31. The minimum atomic E-state index is -0.572. The minimum absolute atomic E-state index is 0.108. The Bertz CT molecular complexity index is 1690. The van der Waals surface area contributed by atoms with E-state index in [1.807, 2.05) is 12.3 Å². The maximum Gasteiger partial charge on any atom is 0.193 e. The van der Waals surface area contributed by atoms with Crippen LogP contribution in [0.5, 0.6) is 5.75 Å². The van der Waals surface area contributed by atoms with Crippen LogP contribution in [0.2, 0.25) is 0 Å². The number of ether oxygens (including phenoxy) is 1. The standard InChI is InChI=1S/C34H34BrN3O/c1-32(2)24-13-7-9-15-27(24)37(5)29(32)18-21-20-34(33(3,4)25-14-8-10-16-28(25)38(34)6)39-31-23(21)19-26(35)22-12-11-17-36-30(22)31/h7-19,21H,20H2,1-6H3/b29-18-. The van der Waals surface area contributed by atoms with Gasteiger partial charge in [-0.2, -0.15) is 0 Å². The maximum atomic E-state index is 7.29. The molecule has 0 bridgehead atoms. The summed E-state index contributed by atoms with van der Waals surface area (Å²) in [6.07, 6.45) is 5.21. The SMILES string of the molecule is CN1/C(=C\C2CC3(Oc4c2cc(Br)c2cccnc42)N(C)c2ccccc2C3(C)C)C(C)(C)c2ccccc21. The zero-order valence-electron chi connectivity index (χ0n) is 23.4. The molecule has 1 aromatic heterocycles. The Morgan fingerprint density at radius 1 is 0.923 bits per heavy atom. The summed E-state index contributed by atoms with van der Waals surface area (Å²) in [5.74, 6) is 1.02. The van der Waals surface area contributed by atoms with Crippen LogP contribution in [-0.4, -0.2) is 24.8 Å². The molecule has 4 nitrogen and oxygen atoms in total. The first kappa shape index (κ1) is 24.7. The summed E-state index contributed by atoms with van der Waals surface area (Å²) >= 11 is 3.87. The summed E-state index contributed by atoms with van der Waals surface area (Å²) in [6, 6.07) is 23.9. The van der Waals surface area contributed by atoms with Crippen molar-refractivity contribution in [1.82, 2.24) is 4.98 Å². The predicted molar refractivity (Wildman–Crippen MR) is 164 cm³/mol. The van der Waals surface area contributed by atoms with E-state index in [0.29, 0.717) is 0 Å². The third-order valence-electron chi connectivity index (χ3n) is 9.75. The molecule has 3 aliphatic rings. The average molecular weight is 581 g/mol. The number of para-hydroxylation sites is 2. The highest BCUT2D eigenvalue weighted by molar-refractivity contribution is 9.10. The topological polar surface area (TPSA) is 28.6 Å². The Labute approximate surface area is 239 Å². The molecule has 5 heteroatoms. The van der Waals surface area contributed by atoms with E-state index >= 15 is 0 Å². The van der Waals surface area contributed by atoms with E-state index in [1.165, 1.54) is 33.8 Å². The van der Waals surface area contributed by atoms with Crippen molar-refractivity contribution in [1.29, 1.82) is 0 Å². The predicted octanol–water partition coefficient (Wildman–Crippen LogP) is 8.30. The molecule has 198 valence electrons. The molecule has 3 aromatic carbocycles. The largest absolute Gasteiger partial charge is 0.464 e. The number of rotatable bonds is 1. The van der Waals surface area contributed by atoms with E-state index < -0.39 is 5.72 Å². The fourth-order valence-corrected chi connectivity index (χ4v) is 8.11. The zero-order chi connectivity index (χ0) is 27.3. The van der Waals surface area contributed by atoms with Crippen molar-refractivity contribution in [2.24, 2.45) is 0 Å². The minimum Gasteiger partial charge on any atom is -0.464 e. The molecule has 0 amide bonds. The van der Waals surface area contributed by atoms with Gasteiger partial charge in [-0.3, -0.25) is 4.98 Å². The van der Waals surface area contributed by atoms with Gasteiger partial charge in [-0.05, 0) is 49.2 Å². The van der Waals surface area contributed by atoms with Crippen LogP contribution in [0, 0.1) is 0 Å². The van der Waals surface area contributed by atoms with Crippen LogP contribution in [0.4, 0.5) is 11.4 Å². The summed E-state index contributed by atoms with van der Waals surface area (Å²) in [4.78, 5) is 9.63. The van der Waals surface area contributed by atoms with Gasteiger partial charge in [-0.15, -0.1) is 0 Å². The normalized spacial score (nSPS) is 25.1. The van der Waals surface area contributed by atoms with Crippen LogP contribution in [0.15, 0.2) is 89.2 Å². The molecule has 0 radical (unpaired) electrons. The van der Waals surface area contributed by atoms with Crippen molar-refractivity contribution >= 4 is 38.2 Å². The van der Waals surface area contributed by atoms with Gasteiger partial charge in [0.2, 0.25) is 0 Å². The molecule has 1 spiro atoms. The summed E-state index contributed by atoms with van der Waals surface area (Å²) in [6.45, 7) is 9.36. The van der Waals surface area contributed by atoms with Crippen molar-refractivity contribution in [3.63, 3.8) is 0 Å². The molecule has 4 aromatic rings. The number of likely N-dealkylation sites (N-methyl/N-ethyl adjacent to an activating group) is 2. The van der Waals surface area contributed by atoms with E-state index in [1.54, 1.807) is 0 Å². The Kier molecular flexibility index (Phi) is 5.14. The maximum absolute atomic E-state index is 7.29. The second-order valence-corrected chi connectivity index (χ2v) is 13.2. The molecular formula is C34H34BrN3O. The number of allylic oxidation sites excluding steroid dienone is 2. The van der Waals surface area contributed by atoms with E-state index in [0.717, 1.165) is 27.5 Å². The quantitative estimate of drug-likeness (QED) is 0.227. The van der Waals surface area contributed by atoms with Gasteiger partial charge in [0, 0.05) is 70.5 Å². The van der Waals surface area contributed by atoms with Crippen molar-refractivity contribution in [3.05, 3.63) is 106 Å². The smallest absolute Gasteiger partial charge is 0.193 e. The third-order valence-corrected chi connectivity index (χ3v) is 10.4. The number of halogens is 1. The highest BCUT2D eigenvalue weighted by Gasteiger charge is 2.60. The molecule has 0 N–H and O–H groups in total. The van der Waals surface area contributed by atoms with Crippen molar-refractivity contribution in [3.8, 4) is 5.75 Å².